The van der Waals surface area contributed by atoms with Gasteiger partial charge in [0.05, 0.1) is 0 Å². The first-order chi connectivity index (χ1) is 13.2. The Kier molecular flexibility index (Phi) is 6.73. The number of likely N-dealkylation sites (tertiary alicyclic amines) is 1. The first-order valence-corrected chi connectivity index (χ1v) is 9.92. The minimum absolute atomic E-state index is 0. The van der Waals surface area contributed by atoms with E-state index >= 15 is 0 Å². The molecular weight excluding hydrogens is 379 g/mol. The van der Waals surface area contributed by atoms with E-state index in [-0.39, 0.29) is 24.1 Å². The van der Waals surface area contributed by atoms with Gasteiger partial charge in [0, 0.05) is 25.5 Å². The zero-order valence-corrected chi connectivity index (χ0v) is 16.8. The lowest BCUT2D eigenvalue weighted by Gasteiger charge is -2.42. The predicted octanol–water partition coefficient (Wildman–Crippen LogP) is 3.00. The van der Waals surface area contributed by atoms with Crippen molar-refractivity contribution < 1.29 is 9.18 Å². The van der Waals surface area contributed by atoms with E-state index in [2.05, 4.69) is 10.4 Å². The van der Waals surface area contributed by atoms with Crippen LogP contribution in [-0.2, 0) is 16.8 Å². The molecule has 1 aromatic heterocycles. The fraction of sp³-hybridized carbons (Fsp3) is 0.524. The molecule has 0 aliphatic carbocycles. The van der Waals surface area contributed by atoms with E-state index in [0.29, 0.717) is 5.92 Å². The molecule has 2 saturated heterocycles. The van der Waals surface area contributed by atoms with Crippen molar-refractivity contribution in [3.8, 4) is 0 Å². The molecule has 1 amide bonds. The van der Waals surface area contributed by atoms with Crippen LogP contribution in [0.2, 0.25) is 0 Å². The largest absolute Gasteiger partial charge is 0.341 e. The molecule has 0 spiro atoms. The van der Waals surface area contributed by atoms with Gasteiger partial charge >= 0.3 is 0 Å². The number of hydrogen-bond donors (Lipinski definition) is 1. The molecule has 0 saturated carbocycles. The molecule has 0 unspecified atom stereocenters. The van der Waals surface area contributed by atoms with Crippen molar-refractivity contribution in [3.63, 3.8) is 0 Å². The summed E-state index contributed by atoms with van der Waals surface area (Å²) in [6, 6.07) is 8.69. The monoisotopic (exact) mass is 406 g/mol. The van der Waals surface area contributed by atoms with Gasteiger partial charge in [-0.2, -0.15) is 5.10 Å². The van der Waals surface area contributed by atoms with Gasteiger partial charge in [-0.05, 0) is 74.9 Å². The van der Waals surface area contributed by atoms with Crippen LogP contribution in [0, 0.1) is 11.7 Å². The van der Waals surface area contributed by atoms with E-state index in [1.807, 2.05) is 34.0 Å². The summed E-state index contributed by atoms with van der Waals surface area (Å²) in [6.07, 6.45) is 8.19. The molecule has 2 aromatic rings. The molecule has 2 aliphatic heterocycles. The molecule has 0 atom stereocenters. The third-order valence-corrected chi connectivity index (χ3v) is 6.11. The smallest absolute Gasteiger partial charge is 0.250 e. The maximum atomic E-state index is 13.5. The van der Waals surface area contributed by atoms with Gasteiger partial charge in [0.1, 0.15) is 11.4 Å². The average molecular weight is 407 g/mol. The van der Waals surface area contributed by atoms with Gasteiger partial charge in [-0.15, -0.1) is 12.4 Å². The Labute approximate surface area is 171 Å². The number of piperidine rings is 2. The number of nitrogens with zero attached hydrogens (tertiary/aromatic N) is 3. The summed E-state index contributed by atoms with van der Waals surface area (Å²) in [4.78, 5) is 15.5. The number of hydrogen-bond acceptors (Lipinski definition) is 3. The van der Waals surface area contributed by atoms with Gasteiger partial charge < -0.3 is 10.2 Å². The van der Waals surface area contributed by atoms with Crippen molar-refractivity contribution in [2.24, 2.45) is 5.92 Å². The summed E-state index contributed by atoms with van der Waals surface area (Å²) in [5.41, 5.74) is 0.631. The quantitative estimate of drug-likeness (QED) is 0.849. The average Bonchev–Trinajstić information content (AvgIpc) is 3.26. The zero-order chi connectivity index (χ0) is 18.7. The SMILES string of the molecule is Cl.O=C(N1CCC(Cc2ccc(F)cc2)CC1)C1(n2cccn2)CCNCC1. The van der Waals surface area contributed by atoms with E-state index in [1.165, 1.54) is 17.7 Å². The summed E-state index contributed by atoms with van der Waals surface area (Å²) in [5, 5.41) is 7.78. The van der Waals surface area contributed by atoms with Crippen molar-refractivity contribution in [2.45, 2.75) is 37.6 Å². The topological polar surface area (TPSA) is 50.2 Å². The Morgan fingerprint density at radius 1 is 1.18 bits per heavy atom. The van der Waals surface area contributed by atoms with Crippen molar-refractivity contribution in [1.29, 1.82) is 0 Å². The Hall–Kier alpha value is -1.92. The number of rotatable bonds is 4. The molecule has 28 heavy (non-hydrogen) atoms. The molecule has 2 fully saturated rings. The fourth-order valence-corrected chi connectivity index (χ4v) is 4.49. The Morgan fingerprint density at radius 3 is 2.46 bits per heavy atom. The van der Waals surface area contributed by atoms with E-state index in [4.69, 9.17) is 0 Å². The zero-order valence-electron chi connectivity index (χ0n) is 16.0. The lowest BCUT2D eigenvalue weighted by atomic mass is 9.84. The Bertz CT molecular complexity index is 751. The molecule has 152 valence electrons. The minimum Gasteiger partial charge on any atom is -0.341 e. The number of carbonyl (C=O) groups excluding carboxylic acids is 1. The van der Waals surface area contributed by atoms with Crippen LogP contribution in [0.3, 0.4) is 0 Å². The first-order valence-electron chi connectivity index (χ1n) is 9.92. The number of aromatic nitrogens is 2. The number of halogens is 2. The lowest BCUT2D eigenvalue weighted by molar-refractivity contribution is -0.144. The summed E-state index contributed by atoms with van der Waals surface area (Å²) >= 11 is 0. The second kappa shape index (κ2) is 9.05. The molecule has 0 radical (unpaired) electrons. The van der Waals surface area contributed by atoms with Gasteiger partial charge in [0.25, 0.3) is 5.91 Å². The number of benzene rings is 1. The van der Waals surface area contributed by atoms with Crippen molar-refractivity contribution in [2.75, 3.05) is 26.2 Å². The van der Waals surface area contributed by atoms with E-state index in [1.54, 1.807) is 6.20 Å². The van der Waals surface area contributed by atoms with E-state index < -0.39 is 5.54 Å². The van der Waals surface area contributed by atoms with Crippen LogP contribution >= 0.6 is 12.4 Å². The standard InChI is InChI=1S/C21H27FN4O.ClH/c22-19-4-2-17(3-5-19)16-18-6-14-25(15-7-18)20(27)21(8-11-23-12-9-21)26-13-1-10-24-26;/h1-5,10,13,18,23H,6-9,11-12,14-16H2;1H. The summed E-state index contributed by atoms with van der Waals surface area (Å²) in [6.45, 7) is 3.27. The third-order valence-electron chi connectivity index (χ3n) is 6.11. The van der Waals surface area contributed by atoms with Gasteiger partial charge in [0.15, 0.2) is 0 Å². The lowest BCUT2D eigenvalue weighted by Crippen LogP contribution is -2.57. The minimum atomic E-state index is -0.543. The summed E-state index contributed by atoms with van der Waals surface area (Å²) in [7, 11) is 0. The number of carbonyl (C=O) groups is 1. The molecule has 2 aliphatic rings. The molecule has 7 heteroatoms. The second-order valence-electron chi connectivity index (χ2n) is 7.80. The normalized spacial score (nSPS) is 19.8. The van der Waals surface area contributed by atoms with E-state index in [9.17, 15) is 9.18 Å². The highest BCUT2D eigenvalue weighted by molar-refractivity contribution is 5.85. The van der Waals surface area contributed by atoms with Crippen LogP contribution in [0.1, 0.15) is 31.2 Å². The second-order valence-corrected chi connectivity index (χ2v) is 7.80. The predicted molar refractivity (Wildman–Crippen MR) is 109 cm³/mol. The summed E-state index contributed by atoms with van der Waals surface area (Å²) in [5.74, 6) is 0.575. The maximum absolute atomic E-state index is 13.5. The van der Waals surface area contributed by atoms with Crippen molar-refractivity contribution in [1.82, 2.24) is 20.0 Å². The van der Waals surface area contributed by atoms with Gasteiger partial charge in [-0.25, -0.2) is 4.39 Å². The van der Waals surface area contributed by atoms with Crippen LogP contribution < -0.4 is 5.32 Å². The number of nitrogens with one attached hydrogen (secondary N) is 1. The Morgan fingerprint density at radius 2 is 1.86 bits per heavy atom. The van der Waals surface area contributed by atoms with Gasteiger partial charge in [-0.3, -0.25) is 9.48 Å². The highest BCUT2D eigenvalue weighted by Gasteiger charge is 2.44. The fourth-order valence-electron chi connectivity index (χ4n) is 4.49. The van der Waals surface area contributed by atoms with Gasteiger partial charge in [-0.1, -0.05) is 12.1 Å². The van der Waals surface area contributed by atoms with Crippen molar-refractivity contribution in [3.05, 3.63) is 54.1 Å². The molecular formula is C21H28ClFN4O. The van der Waals surface area contributed by atoms with Crippen LogP contribution in [-0.4, -0.2) is 46.8 Å². The molecule has 1 N–H and O–H groups in total. The third kappa shape index (κ3) is 4.23. The van der Waals surface area contributed by atoms with Crippen LogP contribution in [0.5, 0.6) is 0 Å². The molecule has 1 aromatic carbocycles. The summed E-state index contributed by atoms with van der Waals surface area (Å²) < 4.78 is 15.0. The molecule has 3 heterocycles. The van der Waals surface area contributed by atoms with Gasteiger partial charge in [0.2, 0.25) is 0 Å². The molecule has 0 bridgehead atoms. The first kappa shape index (κ1) is 20.8. The highest BCUT2D eigenvalue weighted by atomic mass is 35.5. The maximum Gasteiger partial charge on any atom is 0.250 e. The van der Waals surface area contributed by atoms with E-state index in [0.717, 1.165) is 58.3 Å². The van der Waals surface area contributed by atoms with Crippen LogP contribution in [0.25, 0.3) is 0 Å². The van der Waals surface area contributed by atoms with Crippen molar-refractivity contribution >= 4 is 18.3 Å². The molecule has 4 rings (SSSR count). The van der Waals surface area contributed by atoms with Crippen LogP contribution in [0.15, 0.2) is 42.7 Å². The Balaban J connectivity index is 0.00000225. The number of amides is 1. The highest BCUT2D eigenvalue weighted by Crippen LogP contribution is 2.32. The molecule has 5 nitrogen and oxygen atoms in total. The van der Waals surface area contributed by atoms with Crippen LogP contribution in [0.4, 0.5) is 4.39 Å².